The summed E-state index contributed by atoms with van der Waals surface area (Å²) >= 11 is 0. The van der Waals surface area contributed by atoms with Crippen molar-refractivity contribution in [1.82, 2.24) is 5.32 Å². The van der Waals surface area contributed by atoms with Crippen LogP contribution in [0.25, 0.3) is 0 Å². The minimum atomic E-state index is -0.823. The number of amides is 2. The van der Waals surface area contributed by atoms with Crippen LogP contribution in [0.4, 0.5) is 4.79 Å². The summed E-state index contributed by atoms with van der Waals surface area (Å²) in [6.45, 7) is 5.33. The van der Waals surface area contributed by atoms with Crippen LogP contribution in [0.1, 0.15) is 149 Å². The van der Waals surface area contributed by atoms with E-state index in [2.05, 4.69) is 23.9 Å². The molecule has 33 heavy (non-hydrogen) atoms. The van der Waals surface area contributed by atoms with E-state index in [1.807, 2.05) is 0 Å². The number of carbonyl (C=O) groups excluding carboxylic acids is 2. The monoisotopic (exact) mass is 468 g/mol. The van der Waals surface area contributed by atoms with E-state index in [0.29, 0.717) is 5.92 Å². The second-order valence-electron chi connectivity index (χ2n) is 9.82. The molecular formula is C28H56N2O3. The molecule has 0 spiro atoms. The fourth-order valence-corrected chi connectivity index (χ4v) is 4.43. The fourth-order valence-electron chi connectivity index (χ4n) is 4.43. The van der Waals surface area contributed by atoms with E-state index in [-0.39, 0.29) is 18.9 Å². The Labute approximate surface area is 205 Å². The number of carbonyl (C=O) groups is 2. The van der Waals surface area contributed by atoms with Crippen molar-refractivity contribution in [3.63, 3.8) is 0 Å². The molecule has 196 valence electrons. The average Bonchev–Trinajstić information content (AvgIpc) is 2.79. The Bertz CT molecular complexity index is 443. The van der Waals surface area contributed by atoms with Gasteiger partial charge in [-0.3, -0.25) is 4.79 Å². The Kier molecular flexibility index (Phi) is 24.4. The maximum absolute atomic E-state index is 12.0. The van der Waals surface area contributed by atoms with Gasteiger partial charge in [0, 0.05) is 6.54 Å². The lowest BCUT2D eigenvalue weighted by molar-refractivity contribution is -0.121. The summed E-state index contributed by atoms with van der Waals surface area (Å²) in [4.78, 5) is 22.7. The molecule has 5 nitrogen and oxygen atoms in total. The summed E-state index contributed by atoms with van der Waals surface area (Å²) in [6.07, 6.45) is 26.0. The van der Waals surface area contributed by atoms with E-state index in [1.54, 1.807) is 0 Å². The summed E-state index contributed by atoms with van der Waals surface area (Å²) in [5.74, 6) is 0.500. The standard InChI is InChI=1S/C28H56N2O3/c1-3-5-7-9-11-13-14-16-18-20-22-26(21-19-17-15-12-10-8-6-4-2)25-30-27(31)23-24-33-28(29)32/h26H,3-25H2,1-2H3,(H2,29,32)(H,30,31). The first-order chi connectivity index (χ1) is 16.1. The predicted molar refractivity (Wildman–Crippen MR) is 140 cm³/mol. The summed E-state index contributed by atoms with van der Waals surface area (Å²) in [5.41, 5.74) is 4.95. The number of ether oxygens (including phenoxy) is 1. The van der Waals surface area contributed by atoms with Crippen LogP contribution in [0, 0.1) is 5.92 Å². The predicted octanol–water partition coefficient (Wildman–Crippen LogP) is 8.05. The van der Waals surface area contributed by atoms with E-state index >= 15 is 0 Å². The van der Waals surface area contributed by atoms with E-state index in [1.165, 1.54) is 128 Å². The average molecular weight is 469 g/mol. The van der Waals surface area contributed by atoms with Crippen molar-refractivity contribution in [3.05, 3.63) is 0 Å². The molecule has 0 aromatic heterocycles. The molecule has 0 aromatic carbocycles. The molecule has 0 fully saturated rings. The van der Waals surface area contributed by atoms with Crippen molar-refractivity contribution < 1.29 is 14.3 Å². The molecule has 5 heteroatoms. The highest BCUT2D eigenvalue weighted by atomic mass is 16.5. The number of hydrogen-bond acceptors (Lipinski definition) is 3. The van der Waals surface area contributed by atoms with Crippen LogP contribution in [0.15, 0.2) is 0 Å². The van der Waals surface area contributed by atoms with Crippen LogP contribution in [0.3, 0.4) is 0 Å². The molecule has 1 unspecified atom stereocenters. The second kappa shape index (κ2) is 25.4. The lowest BCUT2D eigenvalue weighted by atomic mass is 9.93. The van der Waals surface area contributed by atoms with Crippen LogP contribution >= 0.6 is 0 Å². The number of rotatable bonds is 25. The molecule has 1 atom stereocenters. The summed E-state index contributed by atoms with van der Waals surface area (Å²) in [7, 11) is 0. The molecule has 0 saturated heterocycles. The van der Waals surface area contributed by atoms with Gasteiger partial charge in [-0.25, -0.2) is 4.79 Å². The molecule has 0 aliphatic heterocycles. The van der Waals surface area contributed by atoms with E-state index in [9.17, 15) is 9.59 Å². The maximum Gasteiger partial charge on any atom is 0.404 e. The molecule has 0 aliphatic rings. The summed E-state index contributed by atoms with van der Waals surface area (Å²) in [5, 5.41) is 3.05. The highest BCUT2D eigenvalue weighted by Gasteiger charge is 2.11. The van der Waals surface area contributed by atoms with Gasteiger partial charge in [0.1, 0.15) is 6.61 Å². The third-order valence-electron chi connectivity index (χ3n) is 6.59. The minimum absolute atomic E-state index is 0.0553. The van der Waals surface area contributed by atoms with Crippen molar-refractivity contribution in [2.45, 2.75) is 149 Å². The van der Waals surface area contributed by atoms with Gasteiger partial charge in [-0.05, 0) is 18.8 Å². The topological polar surface area (TPSA) is 81.4 Å². The number of unbranched alkanes of at least 4 members (excludes halogenated alkanes) is 16. The van der Waals surface area contributed by atoms with Crippen molar-refractivity contribution in [2.75, 3.05) is 13.2 Å². The molecule has 0 saturated carbocycles. The molecular weight excluding hydrogens is 412 g/mol. The van der Waals surface area contributed by atoms with E-state index in [0.717, 1.165) is 6.54 Å². The molecule has 2 amide bonds. The van der Waals surface area contributed by atoms with Gasteiger partial charge in [-0.1, -0.05) is 129 Å². The number of nitrogens with one attached hydrogen (secondary N) is 1. The van der Waals surface area contributed by atoms with Crippen LogP contribution in [-0.4, -0.2) is 25.2 Å². The summed E-state index contributed by atoms with van der Waals surface area (Å²) < 4.78 is 4.66. The van der Waals surface area contributed by atoms with Crippen LogP contribution in [0.5, 0.6) is 0 Å². The second-order valence-corrected chi connectivity index (χ2v) is 9.82. The first-order valence-corrected chi connectivity index (χ1v) is 14.3. The van der Waals surface area contributed by atoms with Gasteiger partial charge in [-0.2, -0.15) is 0 Å². The zero-order valence-corrected chi connectivity index (χ0v) is 22.1. The van der Waals surface area contributed by atoms with Gasteiger partial charge in [-0.15, -0.1) is 0 Å². The summed E-state index contributed by atoms with van der Waals surface area (Å²) in [6, 6.07) is 0. The van der Waals surface area contributed by atoms with Gasteiger partial charge in [0.05, 0.1) is 6.42 Å². The molecule has 0 rings (SSSR count). The zero-order valence-electron chi connectivity index (χ0n) is 22.1. The Balaban J connectivity index is 4.00. The Morgan fingerprint density at radius 1 is 0.667 bits per heavy atom. The molecule has 0 radical (unpaired) electrons. The number of primary amides is 1. The maximum atomic E-state index is 12.0. The SMILES string of the molecule is CCCCCCCCCCCCC(CCCCCCCCCC)CNC(=O)CCOC(N)=O. The van der Waals surface area contributed by atoms with Gasteiger partial charge in [0.15, 0.2) is 0 Å². The van der Waals surface area contributed by atoms with Gasteiger partial charge >= 0.3 is 6.09 Å². The molecule has 0 aliphatic carbocycles. The lowest BCUT2D eigenvalue weighted by Crippen LogP contribution is -2.30. The molecule has 0 aromatic rings. The van der Waals surface area contributed by atoms with Crippen LogP contribution < -0.4 is 11.1 Å². The third kappa shape index (κ3) is 25.2. The largest absolute Gasteiger partial charge is 0.449 e. The Hall–Kier alpha value is -1.26. The van der Waals surface area contributed by atoms with E-state index < -0.39 is 6.09 Å². The highest BCUT2D eigenvalue weighted by Crippen LogP contribution is 2.19. The highest BCUT2D eigenvalue weighted by molar-refractivity contribution is 5.76. The smallest absolute Gasteiger partial charge is 0.404 e. The third-order valence-corrected chi connectivity index (χ3v) is 6.59. The lowest BCUT2D eigenvalue weighted by Gasteiger charge is -2.18. The zero-order chi connectivity index (χ0) is 24.4. The van der Waals surface area contributed by atoms with Crippen molar-refractivity contribution in [2.24, 2.45) is 11.7 Å². The van der Waals surface area contributed by atoms with Crippen molar-refractivity contribution in [3.8, 4) is 0 Å². The molecule has 0 heterocycles. The van der Waals surface area contributed by atoms with Crippen LogP contribution in [0.2, 0.25) is 0 Å². The number of nitrogens with two attached hydrogens (primary N) is 1. The molecule has 0 bridgehead atoms. The first-order valence-electron chi connectivity index (χ1n) is 14.3. The molecule has 3 N–H and O–H groups in total. The van der Waals surface area contributed by atoms with E-state index in [4.69, 9.17) is 5.73 Å². The van der Waals surface area contributed by atoms with Gasteiger partial charge < -0.3 is 15.8 Å². The Morgan fingerprint density at radius 3 is 1.45 bits per heavy atom. The quantitative estimate of drug-likeness (QED) is 0.133. The number of hydrogen-bond donors (Lipinski definition) is 2. The normalized spacial score (nSPS) is 11.9. The minimum Gasteiger partial charge on any atom is -0.449 e. The van der Waals surface area contributed by atoms with Crippen LogP contribution in [-0.2, 0) is 9.53 Å². The first kappa shape index (κ1) is 31.7. The van der Waals surface area contributed by atoms with Gasteiger partial charge in [0.2, 0.25) is 5.91 Å². The fraction of sp³-hybridized carbons (Fsp3) is 0.929. The van der Waals surface area contributed by atoms with Gasteiger partial charge in [0.25, 0.3) is 0 Å². The van der Waals surface area contributed by atoms with Crippen molar-refractivity contribution >= 4 is 12.0 Å². The van der Waals surface area contributed by atoms with Crippen molar-refractivity contribution in [1.29, 1.82) is 0 Å². The Morgan fingerprint density at radius 2 is 1.06 bits per heavy atom.